The molecule has 1 heterocycles. The summed E-state index contributed by atoms with van der Waals surface area (Å²) in [4.78, 5) is 16.8. The molecule has 4 nitrogen and oxygen atoms in total. The molecule has 0 bridgehead atoms. The third kappa shape index (κ3) is 3.51. The Hall–Kier alpha value is -1.98. The first-order chi connectivity index (χ1) is 11.1. The molecular formula is C18H20N2O2S. The molecule has 0 saturated heterocycles. The molecule has 0 fully saturated rings. The lowest BCUT2D eigenvalue weighted by atomic mass is 10.1. The van der Waals surface area contributed by atoms with Crippen molar-refractivity contribution in [1.29, 1.82) is 0 Å². The average molecular weight is 328 g/mol. The minimum absolute atomic E-state index is 0.0223. The highest BCUT2D eigenvalue weighted by atomic mass is 32.1. The molecule has 2 aromatic rings. The monoisotopic (exact) mass is 328 g/mol. The maximum absolute atomic E-state index is 12.3. The van der Waals surface area contributed by atoms with Crippen LogP contribution >= 0.6 is 11.3 Å². The van der Waals surface area contributed by atoms with E-state index < -0.39 is 0 Å². The number of thiazole rings is 1. The maximum atomic E-state index is 12.3. The van der Waals surface area contributed by atoms with Crippen LogP contribution in [0.4, 0.5) is 0 Å². The van der Waals surface area contributed by atoms with Crippen molar-refractivity contribution < 1.29 is 9.90 Å². The van der Waals surface area contributed by atoms with Crippen molar-refractivity contribution in [3.05, 3.63) is 52.6 Å². The van der Waals surface area contributed by atoms with Gasteiger partial charge in [-0.3, -0.25) is 4.79 Å². The Bertz CT molecular complexity index is 751. The first-order valence-corrected chi connectivity index (χ1v) is 8.58. The van der Waals surface area contributed by atoms with Crippen LogP contribution in [0.3, 0.4) is 0 Å². The number of nitrogens with zero attached hydrogens (tertiary/aromatic N) is 1. The van der Waals surface area contributed by atoms with Crippen LogP contribution in [0.5, 0.6) is 0 Å². The quantitative estimate of drug-likeness (QED) is 0.848. The van der Waals surface area contributed by atoms with Crippen LogP contribution in [0.2, 0.25) is 0 Å². The van der Waals surface area contributed by atoms with Gasteiger partial charge in [0.25, 0.3) is 5.91 Å². The number of hydrogen-bond acceptors (Lipinski definition) is 4. The number of aromatic nitrogens is 1. The zero-order chi connectivity index (χ0) is 16.4. The lowest BCUT2D eigenvalue weighted by molar-refractivity contribution is 0.0937. The fraction of sp³-hybridized carbons (Fsp3) is 0.333. The van der Waals surface area contributed by atoms with Crippen molar-refractivity contribution >= 4 is 17.2 Å². The lowest BCUT2D eigenvalue weighted by Crippen LogP contribution is -2.33. The molecule has 120 valence electrons. The molecule has 1 aliphatic carbocycles. The summed E-state index contributed by atoms with van der Waals surface area (Å²) in [5, 5.41) is 14.8. The van der Waals surface area contributed by atoms with Gasteiger partial charge in [-0.1, -0.05) is 35.9 Å². The standard InChI is InChI=1S/C18H20N2O2S/c1-11-3-6-15(12(2)7-11)18-20-16(10-23-18)17(22)19-14-5-4-13(8-14)9-21/h3-7,10,13-14,21H,8-9H2,1-2H3,(H,19,22)/t13-,14+/m0/s1. The van der Waals surface area contributed by atoms with Gasteiger partial charge < -0.3 is 10.4 Å². The number of rotatable bonds is 4. The fourth-order valence-electron chi connectivity index (χ4n) is 2.81. The molecule has 1 amide bonds. The van der Waals surface area contributed by atoms with Gasteiger partial charge in [-0.25, -0.2) is 4.98 Å². The number of nitrogens with one attached hydrogen (secondary N) is 1. The van der Waals surface area contributed by atoms with Crippen LogP contribution in [0.1, 0.15) is 28.0 Å². The molecule has 5 heteroatoms. The maximum Gasteiger partial charge on any atom is 0.271 e. The number of hydrogen-bond donors (Lipinski definition) is 2. The predicted molar refractivity (Wildman–Crippen MR) is 92.6 cm³/mol. The van der Waals surface area contributed by atoms with Crippen LogP contribution in [-0.4, -0.2) is 28.6 Å². The summed E-state index contributed by atoms with van der Waals surface area (Å²) < 4.78 is 0. The Kier molecular flexibility index (Phi) is 4.59. The van der Waals surface area contributed by atoms with E-state index in [2.05, 4.69) is 42.3 Å². The van der Waals surface area contributed by atoms with Gasteiger partial charge >= 0.3 is 0 Å². The largest absolute Gasteiger partial charge is 0.396 e. The summed E-state index contributed by atoms with van der Waals surface area (Å²) in [5.41, 5.74) is 3.90. The van der Waals surface area contributed by atoms with E-state index in [0.717, 1.165) is 22.6 Å². The first kappa shape index (κ1) is 15.9. The van der Waals surface area contributed by atoms with Gasteiger partial charge in [0.05, 0.1) is 0 Å². The fourth-order valence-corrected chi connectivity index (χ4v) is 3.70. The van der Waals surface area contributed by atoms with Crippen molar-refractivity contribution in [2.75, 3.05) is 6.61 Å². The SMILES string of the molecule is Cc1ccc(-c2nc(C(=O)N[C@@H]3C=C[C@H](CO)C3)cs2)c(C)c1. The van der Waals surface area contributed by atoms with E-state index in [1.807, 2.05) is 12.2 Å². The van der Waals surface area contributed by atoms with Gasteiger partial charge in [-0.05, 0) is 25.8 Å². The number of carbonyl (C=O) groups excluding carboxylic acids is 1. The van der Waals surface area contributed by atoms with Gasteiger partial charge in [-0.15, -0.1) is 11.3 Å². The Morgan fingerprint density at radius 1 is 1.39 bits per heavy atom. The number of aliphatic hydroxyl groups is 1. The van der Waals surface area contributed by atoms with Crippen LogP contribution in [0, 0.1) is 19.8 Å². The summed E-state index contributed by atoms with van der Waals surface area (Å²) in [6.07, 6.45) is 4.64. The van der Waals surface area contributed by atoms with E-state index in [1.54, 1.807) is 5.38 Å². The van der Waals surface area contributed by atoms with E-state index in [0.29, 0.717) is 5.69 Å². The third-order valence-electron chi connectivity index (χ3n) is 4.07. The molecule has 1 aromatic heterocycles. The van der Waals surface area contributed by atoms with Crippen molar-refractivity contribution in [3.63, 3.8) is 0 Å². The number of benzene rings is 1. The summed E-state index contributed by atoms with van der Waals surface area (Å²) in [7, 11) is 0. The molecule has 0 radical (unpaired) electrons. The summed E-state index contributed by atoms with van der Waals surface area (Å²) in [5.74, 6) is -0.0213. The zero-order valence-electron chi connectivity index (χ0n) is 13.2. The normalized spacial score (nSPS) is 20.0. The Morgan fingerprint density at radius 3 is 2.91 bits per heavy atom. The molecule has 23 heavy (non-hydrogen) atoms. The van der Waals surface area contributed by atoms with Gasteiger partial charge in [0, 0.05) is 29.5 Å². The van der Waals surface area contributed by atoms with E-state index in [-0.39, 0.29) is 24.5 Å². The van der Waals surface area contributed by atoms with E-state index in [9.17, 15) is 4.79 Å². The summed E-state index contributed by atoms with van der Waals surface area (Å²) >= 11 is 1.48. The van der Waals surface area contributed by atoms with Gasteiger partial charge in [-0.2, -0.15) is 0 Å². The molecule has 1 aromatic carbocycles. The number of carbonyl (C=O) groups is 1. The summed E-state index contributed by atoms with van der Waals surface area (Å²) in [6.45, 7) is 4.24. The van der Waals surface area contributed by atoms with Crippen LogP contribution in [0.25, 0.3) is 10.6 Å². The second-order valence-electron chi connectivity index (χ2n) is 6.00. The number of aliphatic hydroxyl groups excluding tert-OH is 1. The molecule has 0 aliphatic heterocycles. The lowest BCUT2D eigenvalue weighted by Gasteiger charge is -2.11. The van der Waals surface area contributed by atoms with E-state index in [1.165, 1.54) is 16.9 Å². The van der Waals surface area contributed by atoms with Crippen LogP contribution in [0.15, 0.2) is 35.7 Å². The first-order valence-electron chi connectivity index (χ1n) is 7.70. The molecule has 0 saturated carbocycles. The molecule has 0 spiro atoms. The highest BCUT2D eigenvalue weighted by Gasteiger charge is 2.21. The van der Waals surface area contributed by atoms with Crippen LogP contribution in [-0.2, 0) is 0 Å². The van der Waals surface area contributed by atoms with E-state index >= 15 is 0 Å². The minimum Gasteiger partial charge on any atom is -0.396 e. The topological polar surface area (TPSA) is 62.2 Å². The highest BCUT2D eigenvalue weighted by Crippen LogP contribution is 2.27. The van der Waals surface area contributed by atoms with Crippen molar-refractivity contribution in [2.45, 2.75) is 26.3 Å². The highest BCUT2D eigenvalue weighted by molar-refractivity contribution is 7.13. The Morgan fingerprint density at radius 2 is 2.22 bits per heavy atom. The predicted octanol–water partition coefficient (Wildman–Crippen LogP) is 3.09. The summed E-state index contributed by atoms with van der Waals surface area (Å²) in [6, 6.07) is 6.21. The zero-order valence-corrected chi connectivity index (χ0v) is 14.1. The van der Waals surface area contributed by atoms with Gasteiger partial charge in [0.2, 0.25) is 0 Å². The van der Waals surface area contributed by atoms with Crippen molar-refractivity contribution in [1.82, 2.24) is 10.3 Å². The van der Waals surface area contributed by atoms with Gasteiger partial charge in [0.1, 0.15) is 10.7 Å². The second kappa shape index (κ2) is 6.64. The Labute approximate surface area is 139 Å². The van der Waals surface area contributed by atoms with Gasteiger partial charge in [0.15, 0.2) is 0 Å². The Balaban J connectivity index is 1.72. The number of aryl methyl sites for hydroxylation is 2. The average Bonchev–Trinajstić information content (AvgIpc) is 3.16. The minimum atomic E-state index is -0.162. The molecule has 1 aliphatic rings. The second-order valence-corrected chi connectivity index (χ2v) is 6.86. The third-order valence-corrected chi connectivity index (χ3v) is 4.95. The molecular weight excluding hydrogens is 308 g/mol. The molecule has 2 N–H and O–H groups in total. The number of amides is 1. The molecule has 0 unspecified atom stereocenters. The van der Waals surface area contributed by atoms with Crippen LogP contribution < -0.4 is 5.32 Å². The molecule has 2 atom stereocenters. The van der Waals surface area contributed by atoms with E-state index in [4.69, 9.17) is 5.11 Å². The smallest absolute Gasteiger partial charge is 0.271 e. The van der Waals surface area contributed by atoms with Crippen molar-refractivity contribution in [3.8, 4) is 10.6 Å². The molecule has 3 rings (SSSR count). The van der Waals surface area contributed by atoms with Crippen molar-refractivity contribution in [2.24, 2.45) is 5.92 Å².